The number of hydrogen-bond acceptors (Lipinski definition) is 3. The Labute approximate surface area is 112 Å². The molecule has 0 amide bonds. The maximum atomic E-state index is 9.53. The predicted molar refractivity (Wildman–Crippen MR) is 76.0 cm³/mol. The van der Waals surface area contributed by atoms with E-state index in [1.807, 2.05) is 0 Å². The number of aliphatic hydroxyl groups excluding tert-OH is 1. The Kier molecular flexibility index (Phi) is 3.35. The second-order valence-corrected chi connectivity index (χ2v) is 6.65. The number of nitrogens with zero attached hydrogens (tertiary/aromatic N) is 1. The van der Waals surface area contributed by atoms with Crippen molar-refractivity contribution in [2.45, 2.75) is 45.1 Å². The average molecular weight is 261 g/mol. The van der Waals surface area contributed by atoms with Gasteiger partial charge in [-0.25, -0.2) is 4.98 Å². The monoisotopic (exact) mass is 261 g/mol. The zero-order valence-corrected chi connectivity index (χ0v) is 11.5. The lowest BCUT2D eigenvalue weighted by atomic mass is 9.83. The van der Waals surface area contributed by atoms with E-state index >= 15 is 0 Å². The summed E-state index contributed by atoms with van der Waals surface area (Å²) in [7, 11) is 0. The summed E-state index contributed by atoms with van der Waals surface area (Å²) in [4.78, 5) is 4.50. The predicted octanol–water partition coefficient (Wildman–Crippen LogP) is 3.70. The standard InChI is InChI=1S/C15H19NOS/c1-10-16-14-7-4-12(9-15(14)18-10)8-11-2-5-13(17)6-3-11/h4,7,9,11,13,17H,2-3,5-6,8H2,1H3. The molecular weight excluding hydrogens is 242 g/mol. The summed E-state index contributed by atoms with van der Waals surface area (Å²) in [5, 5.41) is 10.7. The fourth-order valence-corrected chi connectivity index (χ4v) is 3.78. The first-order valence-corrected chi connectivity index (χ1v) is 7.56. The maximum absolute atomic E-state index is 9.53. The van der Waals surface area contributed by atoms with Gasteiger partial charge in [-0.2, -0.15) is 0 Å². The topological polar surface area (TPSA) is 33.1 Å². The molecule has 0 unspecified atom stereocenters. The molecule has 1 fully saturated rings. The molecule has 3 rings (SSSR count). The van der Waals surface area contributed by atoms with Crippen molar-refractivity contribution in [3.63, 3.8) is 0 Å². The molecule has 2 aromatic rings. The molecule has 1 saturated carbocycles. The first-order valence-electron chi connectivity index (χ1n) is 6.75. The van der Waals surface area contributed by atoms with Crippen LogP contribution in [0.3, 0.4) is 0 Å². The van der Waals surface area contributed by atoms with Crippen LogP contribution in [0.5, 0.6) is 0 Å². The number of hydrogen-bond donors (Lipinski definition) is 1. The Balaban J connectivity index is 1.74. The number of benzene rings is 1. The van der Waals surface area contributed by atoms with Gasteiger partial charge in [0.2, 0.25) is 0 Å². The van der Waals surface area contributed by atoms with Crippen LogP contribution in [0.15, 0.2) is 18.2 Å². The molecule has 1 aliphatic carbocycles. The normalized spacial score (nSPS) is 24.6. The van der Waals surface area contributed by atoms with Crippen molar-refractivity contribution >= 4 is 21.6 Å². The summed E-state index contributed by atoms with van der Waals surface area (Å²) in [5.74, 6) is 0.750. The highest BCUT2D eigenvalue weighted by Gasteiger charge is 2.19. The highest BCUT2D eigenvalue weighted by molar-refractivity contribution is 7.18. The van der Waals surface area contributed by atoms with Gasteiger partial charge in [0, 0.05) is 0 Å². The van der Waals surface area contributed by atoms with Crippen LogP contribution < -0.4 is 0 Å². The summed E-state index contributed by atoms with van der Waals surface area (Å²) in [5.41, 5.74) is 2.55. The first kappa shape index (κ1) is 12.1. The highest BCUT2D eigenvalue weighted by atomic mass is 32.1. The van der Waals surface area contributed by atoms with Gasteiger partial charge in [-0.1, -0.05) is 6.07 Å². The van der Waals surface area contributed by atoms with E-state index in [2.05, 4.69) is 30.1 Å². The van der Waals surface area contributed by atoms with Gasteiger partial charge < -0.3 is 5.11 Å². The molecule has 1 heterocycles. The van der Waals surface area contributed by atoms with Crippen molar-refractivity contribution < 1.29 is 5.11 Å². The SMILES string of the molecule is Cc1nc2ccc(CC3CCC(O)CC3)cc2s1. The average Bonchev–Trinajstić information content (AvgIpc) is 2.71. The lowest BCUT2D eigenvalue weighted by Gasteiger charge is -2.25. The van der Waals surface area contributed by atoms with E-state index in [-0.39, 0.29) is 6.10 Å². The number of aryl methyl sites for hydroxylation is 1. The third-order valence-corrected chi connectivity index (χ3v) is 4.83. The van der Waals surface area contributed by atoms with E-state index in [9.17, 15) is 5.11 Å². The quantitative estimate of drug-likeness (QED) is 0.894. The summed E-state index contributed by atoms with van der Waals surface area (Å²) >= 11 is 1.78. The summed E-state index contributed by atoms with van der Waals surface area (Å²) < 4.78 is 1.31. The number of rotatable bonds is 2. The van der Waals surface area contributed by atoms with Crippen molar-refractivity contribution in [2.75, 3.05) is 0 Å². The van der Waals surface area contributed by atoms with Gasteiger partial charge in [-0.15, -0.1) is 11.3 Å². The molecule has 1 N–H and O–H groups in total. The Morgan fingerprint density at radius 2 is 2.06 bits per heavy atom. The lowest BCUT2D eigenvalue weighted by Crippen LogP contribution is -2.19. The van der Waals surface area contributed by atoms with Gasteiger partial charge in [-0.05, 0) is 62.6 Å². The van der Waals surface area contributed by atoms with E-state index in [0.29, 0.717) is 0 Å². The molecule has 0 spiro atoms. The Hall–Kier alpha value is -0.930. The van der Waals surface area contributed by atoms with Gasteiger partial charge in [0.15, 0.2) is 0 Å². The van der Waals surface area contributed by atoms with Crippen molar-refractivity contribution in [3.8, 4) is 0 Å². The van der Waals surface area contributed by atoms with E-state index in [0.717, 1.165) is 35.7 Å². The number of fused-ring (bicyclic) bond motifs is 1. The van der Waals surface area contributed by atoms with E-state index in [4.69, 9.17) is 0 Å². The molecule has 0 radical (unpaired) electrons. The van der Waals surface area contributed by atoms with E-state index in [1.54, 1.807) is 11.3 Å². The molecule has 0 saturated heterocycles. The van der Waals surface area contributed by atoms with Crippen LogP contribution in [-0.4, -0.2) is 16.2 Å². The zero-order chi connectivity index (χ0) is 12.5. The second kappa shape index (κ2) is 4.98. The van der Waals surface area contributed by atoms with E-state index < -0.39 is 0 Å². The molecule has 96 valence electrons. The van der Waals surface area contributed by atoms with Crippen molar-refractivity contribution in [3.05, 3.63) is 28.8 Å². The molecule has 1 aromatic carbocycles. The number of aromatic nitrogens is 1. The molecule has 1 aromatic heterocycles. The largest absolute Gasteiger partial charge is 0.393 e. The molecule has 18 heavy (non-hydrogen) atoms. The van der Waals surface area contributed by atoms with Gasteiger partial charge >= 0.3 is 0 Å². The van der Waals surface area contributed by atoms with Crippen LogP contribution in [0.4, 0.5) is 0 Å². The van der Waals surface area contributed by atoms with Gasteiger partial charge in [0.1, 0.15) is 0 Å². The third-order valence-electron chi connectivity index (χ3n) is 3.90. The summed E-state index contributed by atoms with van der Waals surface area (Å²) in [6.45, 7) is 2.06. The van der Waals surface area contributed by atoms with Gasteiger partial charge in [0.05, 0.1) is 21.3 Å². The van der Waals surface area contributed by atoms with Crippen LogP contribution in [0.25, 0.3) is 10.2 Å². The zero-order valence-electron chi connectivity index (χ0n) is 10.7. The molecule has 0 aliphatic heterocycles. The van der Waals surface area contributed by atoms with Crippen molar-refractivity contribution in [2.24, 2.45) is 5.92 Å². The van der Waals surface area contributed by atoms with Gasteiger partial charge in [-0.3, -0.25) is 0 Å². The minimum Gasteiger partial charge on any atom is -0.393 e. The van der Waals surface area contributed by atoms with Crippen molar-refractivity contribution in [1.82, 2.24) is 4.98 Å². The summed E-state index contributed by atoms with van der Waals surface area (Å²) in [6, 6.07) is 6.66. The van der Waals surface area contributed by atoms with Gasteiger partial charge in [0.25, 0.3) is 0 Å². The summed E-state index contributed by atoms with van der Waals surface area (Å²) in [6.07, 6.45) is 5.40. The van der Waals surface area contributed by atoms with Crippen LogP contribution >= 0.6 is 11.3 Å². The van der Waals surface area contributed by atoms with Crippen LogP contribution in [0, 0.1) is 12.8 Å². The molecule has 2 nitrogen and oxygen atoms in total. The van der Waals surface area contributed by atoms with Crippen LogP contribution in [0.2, 0.25) is 0 Å². The fraction of sp³-hybridized carbons (Fsp3) is 0.533. The maximum Gasteiger partial charge on any atom is 0.0907 e. The number of aliphatic hydroxyl groups is 1. The lowest BCUT2D eigenvalue weighted by molar-refractivity contribution is 0.109. The Bertz CT molecular complexity index is 540. The minimum absolute atomic E-state index is 0.0483. The number of thiazole rings is 1. The third kappa shape index (κ3) is 2.57. The molecule has 0 atom stereocenters. The van der Waals surface area contributed by atoms with E-state index in [1.165, 1.54) is 23.1 Å². The first-order chi connectivity index (χ1) is 8.70. The van der Waals surface area contributed by atoms with Crippen LogP contribution in [0.1, 0.15) is 36.3 Å². The smallest absolute Gasteiger partial charge is 0.0907 e. The Morgan fingerprint density at radius 1 is 1.28 bits per heavy atom. The molecule has 0 bridgehead atoms. The van der Waals surface area contributed by atoms with Crippen molar-refractivity contribution in [1.29, 1.82) is 0 Å². The minimum atomic E-state index is -0.0483. The Morgan fingerprint density at radius 3 is 2.83 bits per heavy atom. The molecular formula is C15H19NOS. The van der Waals surface area contributed by atoms with Crippen LogP contribution in [-0.2, 0) is 6.42 Å². The fourth-order valence-electron chi connectivity index (χ4n) is 2.89. The molecule has 3 heteroatoms. The molecule has 1 aliphatic rings. The highest BCUT2D eigenvalue weighted by Crippen LogP contribution is 2.29. The second-order valence-electron chi connectivity index (χ2n) is 5.41.